The fourth-order valence-electron chi connectivity index (χ4n) is 3.86. The van der Waals surface area contributed by atoms with Gasteiger partial charge in [-0.15, -0.1) is 22.4 Å². The number of rotatable bonds is 4. The second-order valence-electron chi connectivity index (χ2n) is 7.15. The Balaban J connectivity index is 1.93. The fourth-order valence-corrected chi connectivity index (χ4v) is 4.44. The molecule has 0 unspecified atom stereocenters. The van der Waals surface area contributed by atoms with Gasteiger partial charge in [0.15, 0.2) is 5.65 Å². The van der Waals surface area contributed by atoms with E-state index >= 15 is 0 Å². The lowest BCUT2D eigenvalue weighted by Crippen LogP contribution is -2.47. The summed E-state index contributed by atoms with van der Waals surface area (Å²) >= 11 is 2.31. The average Bonchev–Trinajstić information content (AvgIpc) is 2.97. The number of pyridine rings is 1. The molecule has 0 atom stereocenters. The Morgan fingerprint density at radius 1 is 1.26 bits per heavy atom. The molecule has 0 bridgehead atoms. The summed E-state index contributed by atoms with van der Waals surface area (Å²) in [5.74, 6) is 0. The van der Waals surface area contributed by atoms with Crippen LogP contribution in [0.25, 0.3) is 23.2 Å². The maximum atomic E-state index is 13.1. The molecule has 0 N–H and O–H groups in total. The van der Waals surface area contributed by atoms with Crippen molar-refractivity contribution in [2.24, 2.45) is 0 Å². The van der Waals surface area contributed by atoms with Gasteiger partial charge in [-0.3, -0.25) is 4.79 Å². The van der Waals surface area contributed by atoms with Crippen LogP contribution in [-0.4, -0.2) is 29.5 Å². The topological polar surface area (TPSA) is 65.6 Å². The molecule has 0 radical (unpaired) electrons. The Morgan fingerprint density at radius 3 is 2.78 bits per heavy atom. The maximum absolute atomic E-state index is 13.1. The van der Waals surface area contributed by atoms with Gasteiger partial charge in [-0.05, 0) is 44.9 Å². The molecule has 0 saturated carbocycles. The van der Waals surface area contributed by atoms with Gasteiger partial charge in [0.2, 0.25) is 0 Å². The summed E-state index contributed by atoms with van der Waals surface area (Å²) < 4.78 is 3.78. The largest absolute Gasteiger partial charge is 0.308 e. The number of aromatic nitrogens is 5. The van der Waals surface area contributed by atoms with E-state index in [0.29, 0.717) is 6.54 Å². The van der Waals surface area contributed by atoms with Crippen molar-refractivity contribution < 1.29 is 0 Å². The zero-order valence-corrected chi connectivity index (χ0v) is 17.9. The number of hydrogen-bond donors (Lipinski definition) is 0. The third-order valence-corrected chi connectivity index (χ3v) is 5.73. The smallest absolute Gasteiger partial charge is 0.258 e. The maximum Gasteiger partial charge on any atom is 0.258 e. The molecular formula is C19H21BIN5O. The van der Waals surface area contributed by atoms with Gasteiger partial charge < -0.3 is 4.57 Å². The monoisotopic (exact) mass is 473 g/mol. The van der Waals surface area contributed by atoms with Crippen molar-refractivity contribution in [3.05, 3.63) is 44.6 Å². The van der Waals surface area contributed by atoms with Gasteiger partial charge >= 0.3 is 0 Å². The van der Waals surface area contributed by atoms with E-state index in [1.807, 2.05) is 30.0 Å². The highest BCUT2D eigenvalue weighted by Gasteiger charge is 2.17. The van der Waals surface area contributed by atoms with Gasteiger partial charge in [0, 0.05) is 22.5 Å². The van der Waals surface area contributed by atoms with Crippen molar-refractivity contribution >= 4 is 56.3 Å². The summed E-state index contributed by atoms with van der Waals surface area (Å²) in [5, 5.41) is 8.40. The van der Waals surface area contributed by atoms with E-state index in [1.165, 1.54) is 0 Å². The first-order valence-electron chi connectivity index (χ1n) is 9.19. The summed E-state index contributed by atoms with van der Waals surface area (Å²) in [6.07, 6.45) is 7.73. The highest BCUT2D eigenvalue weighted by Crippen LogP contribution is 2.15. The van der Waals surface area contributed by atoms with Crippen molar-refractivity contribution in [2.45, 2.75) is 46.2 Å². The predicted molar refractivity (Wildman–Crippen MR) is 118 cm³/mol. The van der Waals surface area contributed by atoms with Gasteiger partial charge in [0.1, 0.15) is 6.33 Å². The lowest BCUT2D eigenvalue weighted by atomic mass is 9.99. The third-order valence-electron chi connectivity index (χ3n) is 5.01. The SMILES string of the molecule is Cc1nn(Cc2cc3c(c(=O)n2C(C)C)=CCCC=3)c2ncnc(BI)c12. The van der Waals surface area contributed by atoms with E-state index in [-0.39, 0.29) is 11.6 Å². The first kappa shape index (κ1) is 18.4. The Kier molecular flexibility index (Phi) is 4.92. The Hall–Kier alpha value is -1.97. The van der Waals surface area contributed by atoms with Crippen LogP contribution in [0.15, 0.2) is 17.2 Å². The molecule has 1 aliphatic rings. The van der Waals surface area contributed by atoms with E-state index in [0.717, 1.165) is 56.4 Å². The molecule has 1 aliphatic carbocycles. The number of hydrogen-bond acceptors (Lipinski definition) is 4. The van der Waals surface area contributed by atoms with E-state index in [4.69, 9.17) is 5.10 Å². The van der Waals surface area contributed by atoms with Crippen molar-refractivity contribution in [3.63, 3.8) is 0 Å². The van der Waals surface area contributed by atoms with Crippen molar-refractivity contribution in [3.8, 4) is 0 Å². The van der Waals surface area contributed by atoms with Gasteiger partial charge in [-0.25, -0.2) is 14.6 Å². The summed E-state index contributed by atoms with van der Waals surface area (Å²) in [5.41, 5.74) is 3.79. The first-order chi connectivity index (χ1) is 13.0. The lowest BCUT2D eigenvalue weighted by molar-refractivity contribution is 0.525. The highest BCUT2D eigenvalue weighted by atomic mass is 127. The van der Waals surface area contributed by atoms with E-state index < -0.39 is 0 Å². The lowest BCUT2D eigenvalue weighted by Gasteiger charge is -2.18. The summed E-state index contributed by atoms with van der Waals surface area (Å²) in [4.78, 5) is 22.0. The first-order valence-corrected chi connectivity index (χ1v) is 10.7. The molecule has 3 aromatic rings. The molecule has 0 aromatic carbocycles. The summed E-state index contributed by atoms with van der Waals surface area (Å²) in [6, 6.07) is 2.21. The Morgan fingerprint density at radius 2 is 2.04 bits per heavy atom. The number of halogens is 1. The van der Waals surface area contributed by atoms with Crippen LogP contribution in [0.1, 0.15) is 44.1 Å². The normalized spacial score (nSPS) is 13.4. The fraction of sp³-hybridized carbons (Fsp3) is 0.368. The second-order valence-corrected chi connectivity index (χ2v) is 7.92. The van der Waals surface area contributed by atoms with Crippen LogP contribution in [0.5, 0.6) is 0 Å². The molecule has 0 spiro atoms. The van der Waals surface area contributed by atoms with Crippen LogP contribution in [0.3, 0.4) is 0 Å². The minimum atomic E-state index is 0.0792. The summed E-state index contributed by atoms with van der Waals surface area (Å²) in [7, 11) is 0. The molecule has 0 fully saturated rings. The molecule has 27 heavy (non-hydrogen) atoms. The van der Waals surface area contributed by atoms with Crippen molar-refractivity contribution in [1.29, 1.82) is 0 Å². The third kappa shape index (κ3) is 3.13. The van der Waals surface area contributed by atoms with E-state index in [2.05, 4.69) is 50.6 Å². The van der Waals surface area contributed by atoms with Crippen LogP contribution in [0.2, 0.25) is 0 Å². The van der Waals surface area contributed by atoms with Gasteiger partial charge in [-0.1, -0.05) is 12.2 Å². The molecule has 0 amide bonds. The van der Waals surface area contributed by atoms with Gasteiger partial charge in [0.05, 0.1) is 17.6 Å². The van der Waals surface area contributed by atoms with E-state index in [1.54, 1.807) is 6.33 Å². The highest BCUT2D eigenvalue weighted by molar-refractivity contribution is 14.1. The van der Waals surface area contributed by atoms with Crippen molar-refractivity contribution in [1.82, 2.24) is 24.3 Å². The summed E-state index contributed by atoms with van der Waals surface area (Å²) in [6.45, 7) is 6.60. The minimum Gasteiger partial charge on any atom is -0.308 e. The predicted octanol–water partition coefficient (Wildman–Crippen LogP) is 0.692. The zero-order chi connectivity index (χ0) is 19.1. The molecular weight excluding hydrogens is 452 g/mol. The number of nitrogens with zero attached hydrogens (tertiary/aromatic N) is 5. The van der Waals surface area contributed by atoms with Crippen LogP contribution in [0, 0.1) is 6.92 Å². The molecule has 8 heteroatoms. The standard InChI is InChI=1S/C19H21BIN5O/c1-11(2)26-14(8-13-6-4-5-7-15(13)19(26)27)9-25-18-16(12(3)24-25)17(20-21)22-10-23-18/h6-8,10-11,20H,4-5,9H2,1-3H3. The zero-order valence-electron chi connectivity index (χ0n) is 15.7. The number of fused-ring (bicyclic) bond motifs is 2. The molecule has 3 aromatic heterocycles. The van der Waals surface area contributed by atoms with Crippen LogP contribution < -0.4 is 21.6 Å². The molecule has 0 saturated heterocycles. The van der Waals surface area contributed by atoms with Gasteiger partial charge in [-0.2, -0.15) is 5.10 Å². The van der Waals surface area contributed by atoms with Crippen LogP contribution in [-0.2, 0) is 6.54 Å². The molecule has 0 aliphatic heterocycles. The van der Waals surface area contributed by atoms with Crippen LogP contribution in [0.4, 0.5) is 0 Å². The molecule has 138 valence electrons. The molecule has 6 nitrogen and oxygen atoms in total. The van der Waals surface area contributed by atoms with Crippen LogP contribution >= 0.6 is 22.4 Å². The Bertz CT molecular complexity index is 1210. The molecule has 4 rings (SSSR count). The Labute approximate surface area is 171 Å². The average molecular weight is 473 g/mol. The molecule has 3 heterocycles. The second kappa shape index (κ2) is 7.22. The minimum absolute atomic E-state index is 0.0792. The van der Waals surface area contributed by atoms with Crippen molar-refractivity contribution in [2.75, 3.05) is 0 Å². The number of aryl methyl sites for hydroxylation is 1. The van der Waals surface area contributed by atoms with Gasteiger partial charge in [0.25, 0.3) is 10.7 Å². The van der Waals surface area contributed by atoms with E-state index in [9.17, 15) is 4.79 Å². The quantitative estimate of drug-likeness (QED) is 0.414.